The highest BCUT2D eigenvalue weighted by atomic mass is 32.1. The maximum Gasteiger partial charge on any atom is 0.251 e. The number of carbonyl (C=O) groups excluding carboxylic acids is 1. The van der Waals surface area contributed by atoms with Crippen LogP contribution >= 0.6 is 11.3 Å². The van der Waals surface area contributed by atoms with Crippen LogP contribution in [0.5, 0.6) is 0 Å². The van der Waals surface area contributed by atoms with Crippen molar-refractivity contribution in [1.82, 2.24) is 15.2 Å². The van der Waals surface area contributed by atoms with Crippen molar-refractivity contribution in [2.45, 2.75) is 13.8 Å². The lowest BCUT2D eigenvalue weighted by atomic mass is 10.0. The van der Waals surface area contributed by atoms with Crippen molar-refractivity contribution in [3.05, 3.63) is 71.3 Å². The van der Waals surface area contributed by atoms with Crippen LogP contribution in [0.4, 0.5) is 5.13 Å². The Balaban J connectivity index is 1.15. The maximum atomic E-state index is 12.7. The van der Waals surface area contributed by atoms with Gasteiger partial charge in [0.05, 0.1) is 10.2 Å². The van der Waals surface area contributed by atoms with Gasteiger partial charge in [0.15, 0.2) is 5.13 Å². The van der Waals surface area contributed by atoms with Gasteiger partial charge in [-0.25, -0.2) is 4.98 Å². The minimum Gasteiger partial charge on any atom is -0.351 e. The standard InChI is InChI=1S/C26H28N4OS/c1-18-10-11-23-24(19(18)2)28-26(32-23)30-16-14-29(15-17-30)13-12-27-25(31)22-9-5-7-20-6-3-4-8-21(20)22/h3-11H,12-17H2,1-2H3,(H,27,31). The summed E-state index contributed by atoms with van der Waals surface area (Å²) >= 11 is 1.79. The fraction of sp³-hybridized carbons (Fsp3) is 0.308. The van der Waals surface area contributed by atoms with E-state index in [0.717, 1.165) is 59.7 Å². The van der Waals surface area contributed by atoms with Crippen LogP contribution in [0.25, 0.3) is 21.0 Å². The minimum atomic E-state index is 0.000532. The van der Waals surface area contributed by atoms with E-state index < -0.39 is 0 Å². The number of fused-ring (bicyclic) bond motifs is 2. The zero-order chi connectivity index (χ0) is 22.1. The molecule has 4 aromatic rings. The molecule has 1 aliphatic heterocycles. The summed E-state index contributed by atoms with van der Waals surface area (Å²) in [5.74, 6) is 0.000532. The molecule has 1 N–H and O–H groups in total. The topological polar surface area (TPSA) is 48.5 Å². The second-order valence-electron chi connectivity index (χ2n) is 8.46. The number of thiazole rings is 1. The van der Waals surface area contributed by atoms with Gasteiger partial charge in [-0.15, -0.1) is 0 Å². The highest BCUT2D eigenvalue weighted by Crippen LogP contribution is 2.32. The summed E-state index contributed by atoms with van der Waals surface area (Å²) in [6.07, 6.45) is 0. The predicted molar refractivity (Wildman–Crippen MR) is 134 cm³/mol. The molecule has 5 nitrogen and oxygen atoms in total. The second-order valence-corrected chi connectivity index (χ2v) is 9.47. The van der Waals surface area contributed by atoms with Crippen LogP contribution < -0.4 is 10.2 Å². The monoisotopic (exact) mass is 444 g/mol. The first-order valence-electron chi connectivity index (χ1n) is 11.2. The molecule has 0 unspecified atom stereocenters. The van der Waals surface area contributed by atoms with Crippen molar-refractivity contribution in [1.29, 1.82) is 0 Å². The summed E-state index contributed by atoms with van der Waals surface area (Å²) in [5, 5.41) is 6.32. The number of carbonyl (C=O) groups is 1. The largest absolute Gasteiger partial charge is 0.351 e. The molecule has 0 atom stereocenters. The second kappa shape index (κ2) is 8.88. The smallest absolute Gasteiger partial charge is 0.251 e. The fourth-order valence-corrected chi connectivity index (χ4v) is 5.44. The first-order chi connectivity index (χ1) is 15.6. The lowest BCUT2D eigenvalue weighted by molar-refractivity contribution is 0.0949. The molecule has 1 saturated heterocycles. The van der Waals surface area contributed by atoms with E-state index in [4.69, 9.17) is 4.98 Å². The Kier molecular flexibility index (Phi) is 5.81. The first-order valence-corrected chi connectivity index (χ1v) is 12.0. The number of piperazine rings is 1. The fourth-order valence-electron chi connectivity index (χ4n) is 4.36. The van der Waals surface area contributed by atoms with Crippen molar-refractivity contribution < 1.29 is 4.79 Å². The Morgan fingerprint density at radius 1 is 1.00 bits per heavy atom. The molecule has 0 bridgehead atoms. The average Bonchev–Trinajstić information content (AvgIpc) is 3.27. The number of amides is 1. The van der Waals surface area contributed by atoms with E-state index >= 15 is 0 Å². The van der Waals surface area contributed by atoms with Gasteiger partial charge in [-0.2, -0.15) is 0 Å². The molecule has 1 aliphatic rings. The summed E-state index contributed by atoms with van der Waals surface area (Å²) < 4.78 is 1.27. The summed E-state index contributed by atoms with van der Waals surface area (Å²) in [4.78, 5) is 22.5. The zero-order valence-electron chi connectivity index (χ0n) is 18.6. The number of benzene rings is 3. The normalized spacial score (nSPS) is 14.9. The molecule has 1 aromatic heterocycles. The number of nitrogens with one attached hydrogen (secondary N) is 1. The molecular formula is C26H28N4OS. The number of anilines is 1. The molecule has 1 amide bonds. The van der Waals surface area contributed by atoms with E-state index in [1.807, 2.05) is 42.5 Å². The van der Waals surface area contributed by atoms with Gasteiger partial charge in [0.25, 0.3) is 5.91 Å². The highest BCUT2D eigenvalue weighted by molar-refractivity contribution is 7.22. The van der Waals surface area contributed by atoms with Crippen molar-refractivity contribution in [3.63, 3.8) is 0 Å². The molecule has 0 radical (unpaired) electrons. The van der Waals surface area contributed by atoms with Crippen molar-refractivity contribution in [2.75, 3.05) is 44.2 Å². The molecular weight excluding hydrogens is 416 g/mol. The number of aromatic nitrogens is 1. The quantitative estimate of drug-likeness (QED) is 0.488. The van der Waals surface area contributed by atoms with E-state index in [1.54, 1.807) is 11.3 Å². The predicted octanol–water partition coefficient (Wildman–Crippen LogP) is 4.62. The summed E-state index contributed by atoms with van der Waals surface area (Å²) in [6, 6.07) is 18.3. The molecule has 2 heterocycles. The third kappa shape index (κ3) is 4.08. The number of aryl methyl sites for hydroxylation is 2. The first kappa shape index (κ1) is 20.9. The van der Waals surface area contributed by atoms with Crippen LogP contribution in [0.2, 0.25) is 0 Å². The van der Waals surface area contributed by atoms with E-state index in [-0.39, 0.29) is 5.91 Å². The Hall–Kier alpha value is -2.96. The van der Waals surface area contributed by atoms with Crippen LogP contribution in [0.15, 0.2) is 54.6 Å². The van der Waals surface area contributed by atoms with Crippen LogP contribution in [0.3, 0.4) is 0 Å². The van der Waals surface area contributed by atoms with E-state index in [0.29, 0.717) is 6.54 Å². The van der Waals surface area contributed by atoms with Gasteiger partial charge in [-0.3, -0.25) is 9.69 Å². The highest BCUT2D eigenvalue weighted by Gasteiger charge is 2.20. The van der Waals surface area contributed by atoms with Crippen molar-refractivity contribution in [3.8, 4) is 0 Å². The average molecular weight is 445 g/mol. The molecule has 6 heteroatoms. The van der Waals surface area contributed by atoms with E-state index in [9.17, 15) is 4.79 Å². The molecule has 5 rings (SSSR count). The van der Waals surface area contributed by atoms with Crippen LogP contribution in [-0.4, -0.2) is 55.1 Å². The molecule has 0 saturated carbocycles. The number of rotatable bonds is 5. The van der Waals surface area contributed by atoms with Gasteiger partial charge < -0.3 is 10.2 Å². The van der Waals surface area contributed by atoms with Gasteiger partial charge in [-0.05, 0) is 47.9 Å². The Morgan fingerprint density at radius 2 is 1.78 bits per heavy atom. The van der Waals surface area contributed by atoms with Crippen LogP contribution in [-0.2, 0) is 0 Å². The molecule has 164 valence electrons. The summed E-state index contributed by atoms with van der Waals surface area (Å²) in [7, 11) is 0. The van der Waals surface area contributed by atoms with Gasteiger partial charge in [0, 0.05) is 44.8 Å². The third-order valence-electron chi connectivity index (χ3n) is 6.46. The van der Waals surface area contributed by atoms with Crippen molar-refractivity contribution >= 4 is 43.4 Å². The van der Waals surface area contributed by atoms with Crippen LogP contribution in [0.1, 0.15) is 21.5 Å². The number of hydrogen-bond donors (Lipinski definition) is 1. The molecule has 1 fully saturated rings. The molecule has 0 aliphatic carbocycles. The lowest BCUT2D eigenvalue weighted by Gasteiger charge is -2.34. The van der Waals surface area contributed by atoms with Gasteiger partial charge in [-0.1, -0.05) is 53.8 Å². The summed E-state index contributed by atoms with van der Waals surface area (Å²) in [6.45, 7) is 9.72. The number of hydrogen-bond acceptors (Lipinski definition) is 5. The van der Waals surface area contributed by atoms with Gasteiger partial charge >= 0.3 is 0 Å². The Morgan fingerprint density at radius 3 is 2.62 bits per heavy atom. The zero-order valence-corrected chi connectivity index (χ0v) is 19.4. The van der Waals surface area contributed by atoms with E-state index in [1.165, 1.54) is 15.8 Å². The SMILES string of the molecule is Cc1ccc2sc(N3CCN(CCNC(=O)c4cccc5ccccc45)CC3)nc2c1C. The Labute approximate surface area is 192 Å². The van der Waals surface area contributed by atoms with E-state index in [2.05, 4.69) is 41.1 Å². The number of nitrogens with zero attached hydrogens (tertiary/aromatic N) is 3. The third-order valence-corrected chi connectivity index (χ3v) is 7.55. The lowest BCUT2D eigenvalue weighted by Crippen LogP contribution is -2.48. The van der Waals surface area contributed by atoms with Gasteiger partial charge in [0.1, 0.15) is 0 Å². The van der Waals surface area contributed by atoms with Crippen molar-refractivity contribution in [2.24, 2.45) is 0 Å². The van der Waals surface area contributed by atoms with Gasteiger partial charge in [0.2, 0.25) is 0 Å². The Bertz CT molecular complexity index is 1270. The van der Waals surface area contributed by atoms with Crippen LogP contribution in [0, 0.1) is 13.8 Å². The molecule has 0 spiro atoms. The minimum absolute atomic E-state index is 0.000532. The molecule has 32 heavy (non-hydrogen) atoms. The summed E-state index contributed by atoms with van der Waals surface area (Å²) in [5.41, 5.74) is 4.47. The maximum absolute atomic E-state index is 12.7. The molecule has 3 aromatic carbocycles.